The monoisotopic (exact) mass is 289 g/mol. The Morgan fingerprint density at radius 1 is 1.47 bits per heavy atom. The quantitative estimate of drug-likeness (QED) is 0.728. The number of aliphatic hydroxyl groups excluding tert-OH is 2. The number of aliphatic hydroxyl groups is 2. The minimum absolute atomic E-state index is 0.00317. The summed E-state index contributed by atoms with van der Waals surface area (Å²) in [6.45, 7) is 4.93. The first-order chi connectivity index (χ1) is 8.90. The predicted molar refractivity (Wildman–Crippen MR) is 74.7 cm³/mol. The molecule has 1 heterocycles. The number of nitrogens with zero attached hydrogens (tertiary/aromatic N) is 2. The summed E-state index contributed by atoms with van der Waals surface area (Å²) < 4.78 is 1.28. The second kappa shape index (κ2) is 6.36. The molecule has 108 valence electrons. The van der Waals surface area contributed by atoms with Crippen molar-refractivity contribution in [2.75, 3.05) is 18.5 Å². The van der Waals surface area contributed by atoms with Crippen LogP contribution in [0.1, 0.15) is 33.2 Å². The molecule has 19 heavy (non-hydrogen) atoms. The molecule has 0 spiro atoms. The number of halogens is 1. The van der Waals surface area contributed by atoms with E-state index in [2.05, 4.69) is 10.4 Å². The average molecular weight is 290 g/mol. The van der Waals surface area contributed by atoms with Crippen LogP contribution in [0.25, 0.3) is 0 Å². The van der Waals surface area contributed by atoms with Gasteiger partial charge in [0.15, 0.2) is 0 Å². The van der Waals surface area contributed by atoms with E-state index in [0.717, 1.165) is 0 Å². The number of rotatable bonds is 6. The highest BCUT2D eigenvalue weighted by Crippen LogP contribution is 2.22. The van der Waals surface area contributed by atoms with Crippen molar-refractivity contribution in [2.24, 2.45) is 0 Å². The maximum absolute atomic E-state index is 12.0. The summed E-state index contributed by atoms with van der Waals surface area (Å²) in [5, 5.41) is 25.7. The van der Waals surface area contributed by atoms with E-state index in [1.807, 2.05) is 20.8 Å². The average Bonchev–Trinajstić information content (AvgIpc) is 2.40. The highest BCUT2D eigenvalue weighted by molar-refractivity contribution is 6.32. The Labute approximate surface area is 117 Å². The van der Waals surface area contributed by atoms with Gasteiger partial charge < -0.3 is 15.5 Å². The second-order valence-corrected chi connectivity index (χ2v) is 5.17. The largest absolute Gasteiger partial charge is 0.394 e. The van der Waals surface area contributed by atoms with Gasteiger partial charge >= 0.3 is 0 Å². The van der Waals surface area contributed by atoms with Crippen molar-refractivity contribution < 1.29 is 10.2 Å². The lowest BCUT2D eigenvalue weighted by Crippen LogP contribution is -2.45. The molecule has 3 N–H and O–H groups in total. The van der Waals surface area contributed by atoms with Crippen molar-refractivity contribution in [3.63, 3.8) is 0 Å². The normalized spacial score (nSPS) is 11.9. The van der Waals surface area contributed by atoms with E-state index in [1.54, 1.807) is 0 Å². The first-order valence-electron chi connectivity index (χ1n) is 6.18. The second-order valence-electron chi connectivity index (χ2n) is 4.79. The molecule has 0 aliphatic rings. The Kier molecular flexibility index (Phi) is 5.34. The molecule has 0 saturated carbocycles. The molecule has 0 aliphatic heterocycles. The lowest BCUT2D eigenvalue weighted by Gasteiger charge is -2.31. The Balaban J connectivity index is 3.17. The zero-order valence-corrected chi connectivity index (χ0v) is 12.1. The highest BCUT2D eigenvalue weighted by atomic mass is 35.5. The topological polar surface area (TPSA) is 87.4 Å². The van der Waals surface area contributed by atoms with Gasteiger partial charge in [-0.2, -0.15) is 5.10 Å². The summed E-state index contributed by atoms with van der Waals surface area (Å²) in [6, 6.07) is -0.0920. The van der Waals surface area contributed by atoms with Crippen LogP contribution in [0.15, 0.2) is 11.0 Å². The minimum atomic E-state index is -0.915. The number of anilines is 1. The molecule has 0 aliphatic carbocycles. The van der Waals surface area contributed by atoms with E-state index in [0.29, 0.717) is 12.1 Å². The van der Waals surface area contributed by atoms with Crippen molar-refractivity contribution in [1.29, 1.82) is 0 Å². The molecular formula is C12H20ClN3O3. The summed E-state index contributed by atoms with van der Waals surface area (Å²) in [5.74, 6) is 0. The van der Waals surface area contributed by atoms with E-state index in [1.165, 1.54) is 10.9 Å². The van der Waals surface area contributed by atoms with Gasteiger partial charge in [-0.05, 0) is 20.3 Å². The molecule has 0 fully saturated rings. The van der Waals surface area contributed by atoms with Gasteiger partial charge in [0.2, 0.25) is 0 Å². The van der Waals surface area contributed by atoms with Gasteiger partial charge in [-0.15, -0.1) is 0 Å². The lowest BCUT2D eigenvalue weighted by atomic mass is 9.98. The van der Waals surface area contributed by atoms with Crippen LogP contribution >= 0.6 is 11.6 Å². The van der Waals surface area contributed by atoms with Crippen LogP contribution in [0.3, 0.4) is 0 Å². The summed E-state index contributed by atoms with van der Waals surface area (Å²) >= 11 is 6.02. The molecule has 0 unspecified atom stereocenters. The molecule has 6 nitrogen and oxygen atoms in total. The van der Waals surface area contributed by atoms with Gasteiger partial charge in [0.25, 0.3) is 5.56 Å². The fraction of sp³-hybridized carbons (Fsp3) is 0.667. The van der Waals surface area contributed by atoms with E-state index in [-0.39, 0.29) is 24.3 Å². The summed E-state index contributed by atoms with van der Waals surface area (Å²) in [4.78, 5) is 12.0. The molecular weight excluding hydrogens is 270 g/mol. The first kappa shape index (κ1) is 15.9. The fourth-order valence-electron chi connectivity index (χ4n) is 1.63. The third-order valence-corrected chi connectivity index (χ3v) is 3.48. The van der Waals surface area contributed by atoms with Gasteiger partial charge in [-0.3, -0.25) is 4.79 Å². The van der Waals surface area contributed by atoms with Crippen LogP contribution in [0.4, 0.5) is 5.69 Å². The molecule has 7 heteroatoms. The highest BCUT2D eigenvalue weighted by Gasteiger charge is 2.28. The van der Waals surface area contributed by atoms with Crippen LogP contribution in [-0.2, 0) is 0 Å². The van der Waals surface area contributed by atoms with Gasteiger partial charge in [0.05, 0.1) is 36.7 Å². The third-order valence-electron chi connectivity index (χ3n) is 3.11. The number of nitrogens with one attached hydrogen (secondary N) is 1. The van der Waals surface area contributed by atoms with Gasteiger partial charge in [-0.25, -0.2) is 4.68 Å². The van der Waals surface area contributed by atoms with Crippen molar-refractivity contribution >= 4 is 17.3 Å². The van der Waals surface area contributed by atoms with E-state index in [4.69, 9.17) is 11.6 Å². The molecule has 1 rings (SSSR count). The van der Waals surface area contributed by atoms with Gasteiger partial charge in [-0.1, -0.05) is 18.5 Å². The summed E-state index contributed by atoms with van der Waals surface area (Å²) in [6.07, 6.45) is 1.91. The maximum atomic E-state index is 12.0. The number of aromatic nitrogens is 2. The number of hydrogen-bond acceptors (Lipinski definition) is 5. The summed E-state index contributed by atoms with van der Waals surface area (Å²) in [7, 11) is 0. The Morgan fingerprint density at radius 3 is 2.47 bits per heavy atom. The summed E-state index contributed by atoms with van der Waals surface area (Å²) in [5.41, 5.74) is -1.00. The standard InChI is InChI=1S/C12H20ClN3O3/c1-4-12(6-17,7-18)15-9-5-14-16(8(2)3)11(19)10(9)13/h5,8,15,17-18H,4,6-7H2,1-3H3. The lowest BCUT2D eigenvalue weighted by molar-refractivity contribution is 0.132. The predicted octanol–water partition coefficient (Wildman–Crippen LogP) is 1.02. The number of hydrogen-bond donors (Lipinski definition) is 3. The SMILES string of the molecule is CCC(CO)(CO)Nc1cnn(C(C)C)c(=O)c1Cl. The zero-order valence-electron chi connectivity index (χ0n) is 11.4. The van der Waals surface area contributed by atoms with Crippen molar-refractivity contribution in [1.82, 2.24) is 9.78 Å². The Hall–Kier alpha value is -1.11. The van der Waals surface area contributed by atoms with Gasteiger partial charge in [0.1, 0.15) is 5.02 Å². The van der Waals surface area contributed by atoms with Crippen LogP contribution in [-0.4, -0.2) is 38.7 Å². The molecule has 0 atom stereocenters. The molecule has 0 aromatic carbocycles. The first-order valence-corrected chi connectivity index (χ1v) is 6.55. The van der Waals surface area contributed by atoms with E-state index < -0.39 is 11.1 Å². The van der Waals surface area contributed by atoms with Crippen molar-refractivity contribution in [2.45, 2.75) is 38.8 Å². The fourth-order valence-corrected chi connectivity index (χ4v) is 1.81. The molecule has 0 radical (unpaired) electrons. The molecule has 0 amide bonds. The molecule has 1 aromatic rings. The van der Waals surface area contributed by atoms with Gasteiger partial charge in [0, 0.05) is 0 Å². The van der Waals surface area contributed by atoms with Crippen LogP contribution in [0.2, 0.25) is 5.02 Å². The third kappa shape index (κ3) is 3.26. The molecule has 0 saturated heterocycles. The molecule has 1 aromatic heterocycles. The van der Waals surface area contributed by atoms with Crippen molar-refractivity contribution in [3.8, 4) is 0 Å². The van der Waals surface area contributed by atoms with E-state index >= 15 is 0 Å². The van der Waals surface area contributed by atoms with E-state index in [9.17, 15) is 15.0 Å². The zero-order chi connectivity index (χ0) is 14.6. The Morgan fingerprint density at radius 2 is 2.05 bits per heavy atom. The minimum Gasteiger partial charge on any atom is -0.394 e. The molecule has 0 bridgehead atoms. The maximum Gasteiger partial charge on any atom is 0.287 e. The Bertz CT molecular complexity index is 475. The smallest absolute Gasteiger partial charge is 0.287 e. The van der Waals surface area contributed by atoms with Crippen LogP contribution < -0.4 is 10.9 Å². The van der Waals surface area contributed by atoms with Crippen molar-refractivity contribution in [3.05, 3.63) is 21.6 Å². The van der Waals surface area contributed by atoms with Crippen LogP contribution in [0, 0.1) is 0 Å². The van der Waals surface area contributed by atoms with Crippen LogP contribution in [0.5, 0.6) is 0 Å².